The fourth-order valence-corrected chi connectivity index (χ4v) is 5.17. The Kier molecular flexibility index (Phi) is 4.78. The number of H-pyrrole nitrogens is 1. The lowest BCUT2D eigenvalue weighted by molar-refractivity contribution is -0.141. The number of rotatable bonds is 4. The van der Waals surface area contributed by atoms with Crippen LogP contribution in [0.5, 0.6) is 0 Å². The molecule has 1 N–H and O–H groups in total. The van der Waals surface area contributed by atoms with Gasteiger partial charge in [-0.05, 0) is 79.1 Å². The normalized spacial score (nSPS) is 16.7. The largest absolute Gasteiger partial charge is 0.433 e. The van der Waals surface area contributed by atoms with E-state index in [0.717, 1.165) is 39.3 Å². The number of nitrogens with one attached hydrogen (secondary N) is 1. The Labute approximate surface area is 200 Å². The number of aromatic amines is 1. The molecule has 6 rings (SSSR count). The Bertz CT molecular complexity index is 1490. The summed E-state index contributed by atoms with van der Waals surface area (Å²) in [6.45, 7) is 4.68. The van der Waals surface area contributed by atoms with E-state index < -0.39 is 11.9 Å². The van der Waals surface area contributed by atoms with E-state index in [1.807, 2.05) is 30.0 Å². The number of pyridine rings is 2. The first-order valence-corrected chi connectivity index (χ1v) is 11.7. The van der Waals surface area contributed by atoms with E-state index in [2.05, 4.69) is 21.9 Å². The van der Waals surface area contributed by atoms with Crippen LogP contribution in [0.15, 0.2) is 48.9 Å². The number of hydrogen-bond donors (Lipinski definition) is 1. The average molecular weight is 477 g/mol. The number of fused-ring (bicyclic) bond motifs is 2. The standard InChI is InChI=1S/C27H23F3N4O/c1-14-7-18(8-20-13-34(26(35)24(14)20)15(2)16-3-4-16)19-9-21-22(12-33-25(21)32-11-19)17-5-6-31-23(10-17)27(28,29)30/h5-12,15-16H,3-4,13H2,1-2H3,(H,32,33)/t15-/m0/s1. The number of halogens is 3. The molecular formula is C27H23F3N4O. The number of nitrogens with zero attached hydrogens (tertiary/aromatic N) is 3. The Balaban J connectivity index is 1.40. The number of hydrogen-bond acceptors (Lipinski definition) is 3. The minimum Gasteiger partial charge on any atom is -0.346 e. The van der Waals surface area contributed by atoms with Gasteiger partial charge in [-0.15, -0.1) is 0 Å². The van der Waals surface area contributed by atoms with Crippen molar-refractivity contribution in [2.24, 2.45) is 5.92 Å². The molecule has 4 aromatic rings. The van der Waals surface area contributed by atoms with E-state index in [-0.39, 0.29) is 11.9 Å². The predicted octanol–water partition coefficient (Wildman–Crippen LogP) is 6.37. The van der Waals surface area contributed by atoms with Crippen molar-refractivity contribution in [1.82, 2.24) is 19.9 Å². The second kappa shape index (κ2) is 7.66. The van der Waals surface area contributed by atoms with Gasteiger partial charge in [-0.25, -0.2) is 4.98 Å². The molecule has 0 spiro atoms. The highest BCUT2D eigenvalue weighted by Crippen LogP contribution is 2.40. The molecule has 1 saturated carbocycles. The second-order valence-electron chi connectivity index (χ2n) is 9.59. The van der Waals surface area contributed by atoms with Crippen molar-refractivity contribution in [2.75, 3.05) is 0 Å². The van der Waals surface area contributed by atoms with Gasteiger partial charge in [0.2, 0.25) is 0 Å². The smallest absolute Gasteiger partial charge is 0.346 e. The van der Waals surface area contributed by atoms with Crippen LogP contribution in [0.25, 0.3) is 33.3 Å². The van der Waals surface area contributed by atoms with Gasteiger partial charge in [0, 0.05) is 53.3 Å². The molecular weight excluding hydrogens is 453 g/mol. The maximum absolute atomic E-state index is 13.2. The van der Waals surface area contributed by atoms with Crippen LogP contribution in [-0.2, 0) is 12.7 Å². The monoisotopic (exact) mass is 476 g/mol. The van der Waals surface area contributed by atoms with Crippen LogP contribution in [0.3, 0.4) is 0 Å². The summed E-state index contributed by atoms with van der Waals surface area (Å²) in [6.07, 6.45) is 2.43. The SMILES string of the molecule is Cc1cc(-c2cnc3[nH]cc(-c4ccnc(C(F)(F)F)c4)c3c2)cc2c1C(=O)N([C@@H](C)C1CC1)C2. The number of carbonyl (C=O) groups is 1. The van der Waals surface area contributed by atoms with Gasteiger partial charge in [0.1, 0.15) is 11.3 Å². The molecule has 3 aromatic heterocycles. The molecule has 0 bridgehead atoms. The number of aromatic nitrogens is 3. The Morgan fingerprint density at radius 1 is 1.09 bits per heavy atom. The molecule has 1 atom stereocenters. The number of alkyl halides is 3. The third kappa shape index (κ3) is 3.68. The van der Waals surface area contributed by atoms with Gasteiger partial charge in [0.15, 0.2) is 0 Å². The molecule has 178 valence electrons. The van der Waals surface area contributed by atoms with Gasteiger partial charge in [0.05, 0.1) is 0 Å². The molecule has 5 nitrogen and oxygen atoms in total. The van der Waals surface area contributed by atoms with Gasteiger partial charge >= 0.3 is 6.18 Å². The topological polar surface area (TPSA) is 61.9 Å². The van der Waals surface area contributed by atoms with Crippen LogP contribution in [0.1, 0.15) is 46.9 Å². The van der Waals surface area contributed by atoms with Crippen LogP contribution >= 0.6 is 0 Å². The fourth-order valence-electron chi connectivity index (χ4n) is 5.17. The summed E-state index contributed by atoms with van der Waals surface area (Å²) in [5.74, 6) is 0.695. The van der Waals surface area contributed by atoms with Gasteiger partial charge in [-0.3, -0.25) is 9.78 Å². The predicted molar refractivity (Wildman–Crippen MR) is 127 cm³/mol. The molecule has 0 unspecified atom stereocenters. The highest BCUT2D eigenvalue weighted by atomic mass is 19.4. The number of amides is 1. The number of aryl methyl sites for hydroxylation is 1. The van der Waals surface area contributed by atoms with E-state index in [4.69, 9.17) is 0 Å². The summed E-state index contributed by atoms with van der Waals surface area (Å²) in [4.78, 5) is 26.1. The molecule has 2 aliphatic rings. The number of carbonyl (C=O) groups excluding carboxylic acids is 1. The van der Waals surface area contributed by atoms with Crippen molar-refractivity contribution in [3.05, 3.63) is 71.3 Å². The van der Waals surface area contributed by atoms with Crippen LogP contribution in [-0.4, -0.2) is 31.8 Å². The lowest BCUT2D eigenvalue weighted by atomic mass is 9.96. The molecule has 4 heterocycles. The highest BCUT2D eigenvalue weighted by molar-refractivity contribution is 6.01. The van der Waals surface area contributed by atoms with Gasteiger partial charge in [0.25, 0.3) is 5.91 Å². The zero-order valence-corrected chi connectivity index (χ0v) is 19.3. The second-order valence-corrected chi connectivity index (χ2v) is 9.59. The molecule has 0 saturated heterocycles. The zero-order chi connectivity index (χ0) is 24.5. The van der Waals surface area contributed by atoms with Crippen molar-refractivity contribution in [3.8, 4) is 22.3 Å². The van der Waals surface area contributed by atoms with Gasteiger partial charge in [-0.2, -0.15) is 13.2 Å². The van der Waals surface area contributed by atoms with Crippen molar-refractivity contribution >= 4 is 16.9 Å². The first-order valence-electron chi connectivity index (χ1n) is 11.7. The van der Waals surface area contributed by atoms with Crippen LogP contribution in [0.2, 0.25) is 0 Å². The van der Waals surface area contributed by atoms with E-state index in [9.17, 15) is 18.0 Å². The molecule has 1 amide bonds. The van der Waals surface area contributed by atoms with Crippen LogP contribution < -0.4 is 0 Å². The van der Waals surface area contributed by atoms with Crippen molar-refractivity contribution < 1.29 is 18.0 Å². The molecule has 1 fully saturated rings. The van der Waals surface area contributed by atoms with E-state index >= 15 is 0 Å². The molecule has 1 aliphatic heterocycles. The van der Waals surface area contributed by atoms with Crippen LogP contribution in [0, 0.1) is 12.8 Å². The molecule has 35 heavy (non-hydrogen) atoms. The molecule has 1 aliphatic carbocycles. The minimum absolute atomic E-state index is 0.100. The molecule has 1 aromatic carbocycles. The lowest BCUT2D eigenvalue weighted by Gasteiger charge is -2.24. The molecule has 8 heteroatoms. The summed E-state index contributed by atoms with van der Waals surface area (Å²) in [5, 5.41) is 0.722. The van der Waals surface area contributed by atoms with Gasteiger partial charge < -0.3 is 9.88 Å². The maximum Gasteiger partial charge on any atom is 0.433 e. The van der Waals surface area contributed by atoms with Crippen molar-refractivity contribution in [2.45, 2.75) is 45.5 Å². The Hall–Kier alpha value is -3.68. The average Bonchev–Trinajstić information content (AvgIpc) is 3.51. The summed E-state index contributed by atoms with van der Waals surface area (Å²) < 4.78 is 39.6. The summed E-state index contributed by atoms with van der Waals surface area (Å²) in [5.41, 5.74) is 5.19. The first kappa shape index (κ1) is 21.8. The number of benzene rings is 1. The Morgan fingerprint density at radius 3 is 2.63 bits per heavy atom. The summed E-state index contributed by atoms with van der Waals surface area (Å²) in [7, 11) is 0. The third-order valence-electron chi connectivity index (χ3n) is 7.25. The fraction of sp³-hybridized carbons (Fsp3) is 0.296. The van der Waals surface area contributed by atoms with E-state index in [1.54, 1.807) is 18.5 Å². The third-order valence-corrected chi connectivity index (χ3v) is 7.25. The van der Waals surface area contributed by atoms with E-state index in [1.165, 1.54) is 19.0 Å². The summed E-state index contributed by atoms with van der Waals surface area (Å²) >= 11 is 0. The highest BCUT2D eigenvalue weighted by Gasteiger charge is 2.39. The van der Waals surface area contributed by atoms with E-state index in [0.29, 0.717) is 29.2 Å². The Morgan fingerprint density at radius 2 is 1.89 bits per heavy atom. The first-order chi connectivity index (χ1) is 16.7. The zero-order valence-electron chi connectivity index (χ0n) is 19.3. The van der Waals surface area contributed by atoms with Crippen molar-refractivity contribution in [1.29, 1.82) is 0 Å². The lowest BCUT2D eigenvalue weighted by Crippen LogP contribution is -2.34. The van der Waals surface area contributed by atoms with Crippen molar-refractivity contribution in [3.63, 3.8) is 0 Å². The summed E-state index contributed by atoms with van der Waals surface area (Å²) in [6, 6.07) is 8.82. The maximum atomic E-state index is 13.2. The van der Waals surface area contributed by atoms with Gasteiger partial charge in [-0.1, -0.05) is 6.07 Å². The quantitative estimate of drug-likeness (QED) is 0.372. The molecule has 0 radical (unpaired) electrons. The van der Waals surface area contributed by atoms with Crippen LogP contribution in [0.4, 0.5) is 13.2 Å². The minimum atomic E-state index is -4.52.